The average Bonchev–Trinajstić information content (AvgIpc) is 3.07. The first-order valence-electron chi connectivity index (χ1n) is 9.02. The molecule has 1 fully saturated rings. The number of aromatic nitrogens is 4. The Balaban J connectivity index is 1.67. The molecule has 3 aromatic rings. The first-order valence-corrected chi connectivity index (χ1v) is 11.3. The van der Waals surface area contributed by atoms with Crippen molar-refractivity contribution in [2.45, 2.75) is 42.6 Å². The second-order valence-corrected chi connectivity index (χ2v) is 10.4. The number of aromatic amines is 1. The van der Waals surface area contributed by atoms with Crippen LogP contribution in [0.3, 0.4) is 0 Å². The lowest BCUT2D eigenvalue weighted by atomic mass is 10.3. The Morgan fingerprint density at radius 3 is 2.83 bits per heavy atom. The van der Waals surface area contributed by atoms with E-state index in [0.717, 1.165) is 28.7 Å². The quantitative estimate of drug-likeness (QED) is 0.525. The minimum Gasteiger partial charge on any atom is -0.383 e. The predicted octanol–water partition coefficient (Wildman–Crippen LogP) is 0.473. The van der Waals surface area contributed by atoms with Crippen LogP contribution >= 0.6 is 11.3 Å². The van der Waals surface area contributed by atoms with Gasteiger partial charge in [0.15, 0.2) is 0 Å². The van der Waals surface area contributed by atoms with Gasteiger partial charge in [0.1, 0.15) is 9.04 Å². The van der Waals surface area contributed by atoms with Crippen LogP contribution in [0.25, 0.3) is 10.2 Å². The third-order valence-electron chi connectivity index (χ3n) is 4.85. The highest BCUT2D eigenvalue weighted by Gasteiger charge is 2.41. The van der Waals surface area contributed by atoms with Gasteiger partial charge in [-0.3, -0.25) is 19.0 Å². The van der Waals surface area contributed by atoms with Crippen molar-refractivity contribution in [3.8, 4) is 0 Å². The molecule has 10 nitrogen and oxygen atoms in total. The average molecular weight is 440 g/mol. The molecule has 0 atom stereocenters. The lowest BCUT2D eigenvalue weighted by Crippen LogP contribution is -2.34. The molecule has 1 aliphatic rings. The molecule has 0 bridgehead atoms. The number of nitrogens with zero attached hydrogens (tertiary/aromatic N) is 3. The summed E-state index contributed by atoms with van der Waals surface area (Å²) in [6.45, 7) is 2.91. The van der Waals surface area contributed by atoms with Crippen LogP contribution in [0.5, 0.6) is 0 Å². The fourth-order valence-corrected chi connectivity index (χ4v) is 5.75. The van der Waals surface area contributed by atoms with Gasteiger partial charge in [0.05, 0.1) is 31.3 Å². The zero-order valence-corrected chi connectivity index (χ0v) is 17.6. The largest absolute Gasteiger partial charge is 0.383 e. The summed E-state index contributed by atoms with van der Waals surface area (Å²) >= 11 is 0.880. The highest BCUT2D eigenvalue weighted by molar-refractivity contribution is 7.91. The van der Waals surface area contributed by atoms with E-state index in [9.17, 15) is 18.0 Å². The second-order valence-electron chi connectivity index (χ2n) is 7.40. The molecule has 1 aliphatic carbocycles. The monoisotopic (exact) mass is 439 g/mol. The molecule has 3 heterocycles. The van der Waals surface area contributed by atoms with Gasteiger partial charge in [0.2, 0.25) is 0 Å². The van der Waals surface area contributed by atoms with Crippen molar-refractivity contribution in [1.82, 2.24) is 24.1 Å². The van der Waals surface area contributed by atoms with Crippen LogP contribution in [0.2, 0.25) is 0 Å². The molecule has 2 N–H and O–H groups in total. The molecule has 0 unspecified atom stereocenters. The van der Waals surface area contributed by atoms with E-state index in [1.807, 2.05) is 6.92 Å². The van der Waals surface area contributed by atoms with Gasteiger partial charge in [-0.05, 0) is 25.8 Å². The SMILES string of the molecule is COCCn1cc(Cn2c(=O)[nH]c3sc(S(=O)(=O)NC4(C)CC4)cc3c2=O)cn1. The number of H-pyrrole nitrogens is 1. The van der Waals surface area contributed by atoms with Crippen LogP contribution in [-0.2, 0) is 27.8 Å². The molecule has 3 aromatic heterocycles. The lowest BCUT2D eigenvalue weighted by molar-refractivity contribution is 0.183. The number of fused-ring (bicyclic) bond motifs is 1. The second kappa shape index (κ2) is 7.20. The van der Waals surface area contributed by atoms with Crippen molar-refractivity contribution >= 4 is 31.6 Å². The third kappa shape index (κ3) is 4.06. The molecule has 156 valence electrons. The Labute approximate surface area is 170 Å². The summed E-state index contributed by atoms with van der Waals surface area (Å²) in [7, 11) is -2.16. The molecule has 0 spiro atoms. The zero-order chi connectivity index (χ0) is 20.8. The Kier molecular flexibility index (Phi) is 4.97. The highest BCUT2D eigenvalue weighted by Crippen LogP contribution is 2.37. The van der Waals surface area contributed by atoms with Gasteiger partial charge in [0, 0.05) is 24.4 Å². The summed E-state index contributed by atoms with van der Waals surface area (Å²) in [6, 6.07) is 1.32. The molecule has 1 saturated carbocycles. The summed E-state index contributed by atoms with van der Waals surface area (Å²) in [5, 5.41) is 4.34. The standard InChI is InChI=1S/C17H21N5O5S2/c1-17(3-4-17)20-29(25,26)13-7-12-14(28-13)19-16(24)22(15(12)23)10-11-8-18-21(9-11)5-6-27-2/h7-9,20H,3-6,10H2,1-2H3,(H,19,24). The van der Waals surface area contributed by atoms with E-state index in [1.165, 1.54) is 6.07 Å². The van der Waals surface area contributed by atoms with E-state index in [1.54, 1.807) is 24.2 Å². The van der Waals surface area contributed by atoms with Crippen molar-refractivity contribution in [2.75, 3.05) is 13.7 Å². The molecule has 0 aliphatic heterocycles. The number of nitrogens with one attached hydrogen (secondary N) is 2. The first-order chi connectivity index (χ1) is 13.7. The van der Waals surface area contributed by atoms with Gasteiger partial charge in [-0.25, -0.2) is 17.9 Å². The topological polar surface area (TPSA) is 128 Å². The third-order valence-corrected chi connectivity index (χ3v) is 8.01. The molecule has 29 heavy (non-hydrogen) atoms. The normalized spacial score (nSPS) is 15.8. The maximum Gasteiger partial charge on any atom is 0.329 e. The van der Waals surface area contributed by atoms with E-state index in [2.05, 4.69) is 14.8 Å². The summed E-state index contributed by atoms with van der Waals surface area (Å²) < 4.78 is 35.6. The molecular formula is C17H21N5O5S2. The maximum atomic E-state index is 12.9. The molecule has 0 saturated heterocycles. The Hall–Kier alpha value is -2.28. The van der Waals surface area contributed by atoms with Crippen LogP contribution in [0.1, 0.15) is 25.3 Å². The van der Waals surface area contributed by atoms with Gasteiger partial charge in [-0.15, -0.1) is 11.3 Å². The van der Waals surface area contributed by atoms with Crippen molar-refractivity contribution in [1.29, 1.82) is 0 Å². The van der Waals surface area contributed by atoms with E-state index < -0.39 is 26.8 Å². The number of rotatable bonds is 8. The van der Waals surface area contributed by atoms with Crippen LogP contribution in [0.4, 0.5) is 0 Å². The Morgan fingerprint density at radius 1 is 1.38 bits per heavy atom. The number of sulfonamides is 1. The number of thiophene rings is 1. The summed E-state index contributed by atoms with van der Waals surface area (Å²) in [5.74, 6) is 0. The molecule has 4 rings (SSSR count). The van der Waals surface area contributed by atoms with Gasteiger partial charge < -0.3 is 4.74 Å². The van der Waals surface area contributed by atoms with Crippen LogP contribution in [-0.4, -0.2) is 47.0 Å². The number of methoxy groups -OCH3 is 1. The van der Waals surface area contributed by atoms with Crippen molar-refractivity contribution < 1.29 is 13.2 Å². The predicted molar refractivity (Wildman–Crippen MR) is 108 cm³/mol. The van der Waals surface area contributed by atoms with Crippen LogP contribution in [0.15, 0.2) is 32.3 Å². The fraction of sp³-hybridized carbons (Fsp3) is 0.471. The van der Waals surface area contributed by atoms with E-state index in [4.69, 9.17) is 4.74 Å². The summed E-state index contributed by atoms with van der Waals surface area (Å²) in [6.07, 6.45) is 4.87. The molecule has 0 radical (unpaired) electrons. The minimum atomic E-state index is -3.75. The molecule has 0 amide bonds. The smallest absolute Gasteiger partial charge is 0.329 e. The first kappa shape index (κ1) is 20.0. The summed E-state index contributed by atoms with van der Waals surface area (Å²) in [5.41, 5.74) is -0.880. The fourth-order valence-electron chi connectivity index (χ4n) is 2.94. The summed E-state index contributed by atoms with van der Waals surface area (Å²) in [4.78, 5) is 28.2. The van der Waals surface area contributed by atoms with Gasteiger partial charge in [-0.1, -0.05) is 0 Å². The number of ether oxygens (including phenoxy) is 1. The van der Waals surface area contributed by atoms with Gasteiger partial charge in [-0.2, -0.15) is 5.10 Å². The van der Waals surface area contributed by atoms with E-state index in [-0.39, 0.29) is 21.0 Å². The molecular weight excluding hydrogens is 418 g/mol. The molecule has 12 heteroatoms. The van der Waals surface area contributed by atoms with Crippen LogP contribution in [0, 0.1) is 0 Å². The Bertz CT molecular complexity index is 1280. The van der Waals surface area contributed by atoms with Gasteiger partial charge in [0.25, 0.3) is 15.6 Å². The lowest BCUT2D eigenvalue weighted by Gasteiger charge is -2.09. The zero-order valence-electron chi connectivity index (χ0n) is 16.0. The number of hydrogen-bond acceptors (Lipinski definition) is 7. The van der Waals surface area contributed by atoms with Crippen molar-refractivity contribution in [3.63, 3.8) is 0 Å². The maximum absolute atomic E-state index is 12.9. The number of hydrogen-bond donors (Lipinski definition) is 2. The Morgan fingerprint density at radius 2 is 2.14 bits per heavy atom. The highest BCUT2D eigenvalue weighted by atomic mass is 32.2. The van der Waals surface area contributed by atoms with Gasteiger partial charge >= 0.3 is 5.69 Å². The van der Waals surface area contributed by atoms with E-state index in [0.29, 0.717) is 18.7 Å². The van der Waals surface area contributed by atoms with Crippen molar-refractivity contribution in [3.05, 3.63) is 44.9 Å². The minimum absolute atomic E-state index is 0.0125. The van der Waals surface area contributed by atoms with Crippen LogP contribution < -0.4 is 16.0 Å². The van der Waals surface area contributed by atoms with Crippen molar-refractivity contribution in [2.24, 2.45) is 0 Å². The van der Waals surface area contributed by atoms with E-state index >= 15 is 0 Å². The molecule has 0 aromatic carbocycles.